The number of rotatable bonds is 5. The number of hydrogen-bond donors (Lipinski definition) is 1. The lowest BCUT2D eigenvalue weighted by Crippen LogP contribution is -2.26. The van der Waals surface area contributed by atoms with E-state index >= 15 is 0 Å². The van der Waals surface area contributed by atoms with Gasteiger partial charge in [0.05, 0.1) is 12.3 Å². The first-order valence-electron chi connectivity index (χ1n) is 6.25. The quantitative estimate of drug-likeness (QED) is 0.874. The molecule has 0 aromatic carbocycles. The third-order valence-electron chi connectivity index (χ3n) is 3.20. The first-order chi connectivity index (χ1) is 8.26. The van der Waals surface area contributed by atoms with Gasteiger partial charge in [-0.2, -0.15) is 0 Å². The van der Waals surface area contributed by atoms with Crippen molar-refractivity contribution in [2.24, 2.45) is 5.73 Å². The number of nitrogens with two attached hydrogens (primary N) is 1. The molecule has 1 atom stereocenters. The summed E-state index contributed by atoms with van der Waals surface area (Å²) in [6.07, 6.45) is 3.35. The third kappa shape index (κ3) is 2.78. The molecule has 96 valence electrons. The Balaban J connectivity index is 2.15. The van der Waals surface area contributed by atoms with Crippen LogP contribution in [0.5, 0.6) is 0 Å². The normalized spacial score (nSPS) is 19.1. The number of ether oxygens (including phenoxy) is 1. The maximum atomic E-state index is 6.13. The molecule has 0 amide bonds. The van der Waals surface area contributed by atoms with E-state index in [0.29, 0.717) is 0 Å². The van der Waals surface area contributed by atoms with E-state index in [1.165, 1.54) is 17.0 Å². The molecule has 0 bridgehead atoms. The fraction of sp³-hybridized carbons (Fsp3) is 0.750. The smallest absolute Gasteiger partial charge is 0.185 e. The van der Waals surface area contributed by atoms with Crippen molar-refractivity contribution in [2.45, 2.75) is 32.2 Å². The van der Waals surface area contributed by atoms with Crippen molar-refractivity contribution in [3.63, 3.8) is 0 Å². The third-order valence-corrected chi connectivity index (χ3v) is 4.49. The zero-order chi connectivity index (χ0) is 12.3. The molecule has 0 saturated heterocycles. The van der Waals surface area contributed by atoms with Crippen LogP contribution in [0.15, 0.2) is 0 Å². The Morgan fingerprint density at radius 1 is 1.59 bits per heavy atom. The predicted molar refractivity (Wildman–Crippen MR) is 71.7 cm³/mol. The largest absolute Gasteiger partial charge is 0.383 e. The van der Waals surface area contributed by atoms with Gasteiger partial charge in [-0.15, -0.1) is 0 Å². The Kier molecular flexibility index (Phi) is 4.36. The van der Waals surface area contributed by atoms with Gasteiger partial charge >= 0.3 is 0 Å². The zero-order valence-electron chi connectivity index (χ0n) is 10.6. The van der Waals surface area contributed by atoms with Crippen molar-refractivity contribution in [3.8, 4) is 0 Å². The van der Waals surface area contributed by atoms with Gasteiger partial charge in [0.2, 0.25) is 0 Å². The van der Waals surface area contributed by atoms with Gasteiger partial charge in [-0.3, -0.25) is 0 Å². The molecule has 1 aliphatic rings. The number of aromatic nitrogens is 1. The summed E-state index contributed by atoms with van der Waals surface area (Å²) in [4.78, 5) is 8.29. The number of nitrogens with zero attached hydrogens (tertiary/aromatic N) is 2. The number of methoxy groups -OCH3 is 1. The van der Waals surface area contributed by atoms with Crippen LogP contribution in [0.3, 0.4) is 0 Å². The molecular weight excluding hydrogens is 234 g/mol. The summed E-state index contributed by atoms with van der Waals surface area (Å²) in [5.74, 6) is 0. The summed E-state index contributed by atoms with van der Waals surface area (Å²) >= 11 is 1.76. The van der Waals surface area contributed by atoms with Gasteiger partial charge in [-0.25, -0.2) is 4.98 Å². The molecule has 0 spiro atoms. The Hall–Kier alpha value is -0.650. The second-order valence-electron chi connectivity index (χ2n) is 4.38. The highest BCUT2D eigenvalue weighted by atomic mass is 32.1. The SMILES string of the molecule is CCN(CCOC)c1nc2c(s1)C(N)CCC2. The first-order valence-corrected chi connectivity index (χ1v) is 7.07. The zero-order valence-corrected chi connectivity index (χ0v) is 11.4. The van der Waals surface area contributed by atoms with Gasteiger partial charge in [0.1, 0.15) is 0 Å². The highest BCUT2D eigenvalue weighted by Gasteiger charge is 2.23. The number of likely N-dealkylation sites (N-methyl/N-ethyl adjacent to an activating group) is 1. The number of fused-ring (bicyclic) bond motifs is 1. The Labute approximate surface area is 107 Å². The highest BCUT2D eigenvalue weighted by molar-refractivity contribution is 7.15. The summed E-state index contributed by atoms with van der Waals surface area (Å²) < 4.78 is 5.13. The molecule has 1 aromatic heterocycles. The van der Waals surface area contributed by atoms with Crippen LogP contribution in [-0.4, -0.2) is 31.8 Å². The van der Waals surface area contributed by atoms with Crippen LogP contribution in [0.4, 0.5) is 5.13 Å². The van der Waals surface area contributed by atoms with E-state index in [1.54, 1.807) is 18.4 Å². The Morgan fingerprint density at radius 3 is 3.06 bits per heavy atom. The molecule has 0 radical (unpaired) electrons. The van der Waals surface area contributed by atoms with Crippen LogP contribution >= 0.6 is 11.3 Å². The predicted octanol–water partition coefficient (Wildman–Crippen LogP) is 1.95. The number of aryl methyl sites for hydroxylation is 1. The lowest BCUT2D eigenvalue weighted by Gasteiger charge is -2.18. The molecule has 4 nitrogen and oxygen atoms in total. The highest BCUT2D eigenvalue weighted by Crippen LogP contribution is 2.36. The molecule has 1 unspecified atom stereocenters. The molecule has 0 saturated carbocycles. The average Bonchev–Trinajstić information content (AvgIpc) is 2.75. The molecule has 2 N–H and O–H groups in total. The van der Waals surface area contributed by atoms with Crippen LogP contribution in [0.25, 0.3) is 0 Å². The molecule has 0 fully saturated rings. The summed E-state index contributed by atoms with van der Waals surface area (Å²) in [6, 6.07) is 0.200. The van der Waals surface area contributed by atoms with Crippen molar-refractivity contribution >= 4 is 16.5 Å². The van der Waals surface area contributed by atoms with Crippen molar-refractivity contribution in [1.82, 2.24) is 4.98 Å². The van der Waals surface area contributed by atoms with Gasteiger partial charge in [-0.1, -0.05) is 11.3 Å². The fourth-order valence-corrected chi connectivity index (χ4v) is 3.40. The molecule has 2 rings (SSSR count). The van der Waals surface area contributed by atoms with E-state index in [0.717, 1.165) is 37.7 Å². The number of anilines is 1. The maximum absolute atomic E-state index is 6.13. The van der Waals surface area contributed by atoms with Crippen LogP contribution in [0.2, 0.25) is 0 Å². The van der Waals surface area contributed by atoms with E-state index < -0.39 is 0 Å². The van der Waals surface area contributed by atoms with Crippen molar-refractivity contribution in [2.75, 3.05) is 31.7 Å². The van der Waals surface area contributed by atoms with Gasteiger partial charge in [-0.05, 0) is 26.2 Å². The summed E-state index contributed by atoms with van der Waals surface area (Å²) in [6.45, 7) is 4.75. The van der Waals surface area contributed by atoms with Crippen molar-refractivity contribution < 1.29 is 4.74 Å². The molecule has 1 aromatic rings. The van der Waals surface area contributed by atoms with Crippen LogP contribution in [-0.2, 0) is 11.2 Å². The minimum atomic E-state index is 0.200. The van der Waals surface area contributed by atoms with Gasteiger partial charge in [0.15, 0.2) is 5.13 Å². The summed E-state index contributed by atoms with van der Waals surface area (Å²) in [7, 11) is 1.73. The summed E-state index contributed by atoms with van der Waals surface area (Å²) in [5, 5.41) is 1.10. The van der Waals surface area contributed by atoms with E-state index in [1.807, 2.05) is 0 Å². The van der Waals surface area contributed by atoms with Crippen LogP contribution in [0.1, 0.15) is 36.4 Å². The van der Waals surface area contributed by atoms with E-state index in [4.69, 9.17) is 15.5 Å². The van der Waals surface area contributed by atoms with Gasteiger partial charge in [0, 0.05) is 31.1 Å². The Morgan fingerprint density at radius 2 is 2.41 bits per heavy atom. The molecule has 17 heavy (non-hydrogen) atoms. The van der Waals surface area contributed by atoms with E-state index in [2.05, 4.69) is 11.8 Å². The van der Waals surface area contributed by atoms with E-state index in [9.17, 15) is 0 Å². The lowest BCUT2D eigenvalue weighted by atomic mass is 9.99. The molecular formula is C12H21N3OS. The monoisotopic (exact) mass is 255 g/mol. The average molecular weight is 255 g/mol. The lowest BCUT2D eigenvalue weighted by molar-refractivity contribution is 0.205. The minimum Gasteiger partial charge on any atom is -0.383 e. The van der Waals surface area contributed by atoms with E-state index in [-0.39, 0.29) is 6.04 Å². The van der Waals surface area contributed by atoms with Crippen LogP contribution in [0, 0.1) is 0 Å². The van der Waals surface area contributed by atoms with Crippen molar-refractivity contribution in [3.05, 3.63) is 10.6 Å². The van der Waals surface area contributed by atoms with Gasteiger partial charge in [0.25, 0.3) is 0 Å². The fourth-order valence-electron chi connectivity index (χ4n) is 2.17. The summed E-state index contributed by atoms with van der Waals surface area (Å²) in [5.41, 5.74) is 7.35. The number of hydrogen-bond acceptors (Lipinski definition) is 5. The molecule has 0 aliphatic heterocycles. The second-order valence-corrected chi connectivity index (χ2v) is 5.39. The topological polar surface area (TPSA) is 51.4 Å². The van der Waals surface area contributed by atoms with Crippen LogP contribution < -0.4 is 10.6 Å². The molecule has 1 heterocycles. The molecule has 1 aliphatic carbocycles. The molecule has 5 heteroatoms. The minimum absolute atomic E-state index is 0.200. The second kappa shape index (κ2) is 5.80. The Bertz CT molecular complexity index is 367. The number of thiazole rings is 1. The first kappa shape index (κ1) is 12.8. The van der Waals surface area contributed by atoms with Gasteiger partial charge < -0.3 is 15.4 Å². The standard InChI is InChI=1S/C12H21N3OS/c1-3-15(7-8-16-2)12-14-10-6-4-5-9(13)11(10)17-12/h9H,3-8,13H2,1-2H3. The maximum Gasteiger partial charge on any atom is 0.185 e. The van der Waals surface area contributed by atoms with Crippen molar-refractivity contribution in [1.29, 1.82) is 0 Å².